The fraction of sp³-hybridized carbons (Fsp3) is 0.250. The zero-order valence-electron chi connectivity index (χ0n) is 13.4. The van der Waals surface area contributed by atoms with Crippen LogP contribution in [0.2, 0.25) is 0 Å². The first-order valence-corrected chi connectivity index (χ1v) is 8.77. The third-order valence-corrected chi connectivity index (χ3v) is 4.66. The molecule has 2 N–H and O–H groups in total. The number of aromatic nitrogens is 1. The van der Waals surface area contributed by atoms with Crippen molar-refractivity contribution >= 4 is 21.7 Å². The summed E-state index contributed by atoms with van der Waals surface area (Å²) >= 11 is 0. The van der Waals surface area contributed by atoms with Crippen LogP contribution in [0.25, 0.3) is 0 Å². The van der Waals surface area contributed by atoms with Crippen LogP contribution in [0.4, 0.5) is 5.82 Å². The summed E-state index contributed by atoms with van der Waals surface area (Å²) in [7, 11) is -2.35. The molecule has 128 valence electrons. The summed E-state index contributed by atoms with van der Waals surface area (Å²) in [5.41, 5.74) is 0.782. The minimum absolute atomic E-state index is 0.00992. The van der Waals surface area contributed by atoms with E-state index in [9.17, 15) is 13.2 Å². The molecular formula is C16H19N3O4S. The lowest BCUT2D eigenvalue weighted by atomic mass is 10.3. The molecule has 2 rings (SSSR count). The lowest BCUT2D eigenvalue weighted by molar-refractivity contribution is -0.116. The maximum absolute atomic E-state index is 12.3. The first-order chi connectivity index (χ1) is 11.4. The number of para-hydroxylation sites is 1. The number of nitrogens with zero attached hydrogens (tertiary/aromatic N) is 1. The maximum Gasteiger partial charge on any atom is 0.244 e. The van der Waals surface area contributed by atoms with Crippen molar-refractivity contribution in [2.45, 2.75) is 18.2 Å². The zero-order valence-corrected chi connectivity index (χ0v) is 14.3. The Kier molecular flexibility index (Phi) is 5.88. The van der Waals surface area contributed by atoms with Gasteiger partial charge in [0.1, 0.15) is 16.5 Å². The molecule has 24 heavy (non-hydrogen) atoms. The van der Waals surface area contributed by atoms with E-state index in [0.717, 1.165) is 5.69 Å². The van der Waals surface area contributed by atoms with Gasteiger partial charge in [0, 0.05) is 18.7 Å². The normalized spacial score (nSPS) is 11.1. The van der Waals surface area contributed by atoms with E-state index in [1.165, 1.54) is 13.2 Å². The zero-order chi connectivity index (χ0) is 17.6. The molecule has 0 aliphatic carbocycles. The quantitative estimate of drug-likeness (QED) is 0.793. The summed E-state index contributed by atoms with van der Waals surface area (Å²) < 4.78 is 32.0. The number of amides is 1. The van der Waals surface area contributed by atoms with Gasteiger partial charge in [0.05, 0.1) is 7.11 Å². The Morgan fingerprint density at radius 3 is 2.62 bits per heavy atom. The fourth-order valence-corrected chi connectivity index (χ4v) is 3.24. The molecule has 0 spiro atoms. The highest BCUT2D eigenvalue weighted by Gasteiger charge is 2.18. The van der Waals surface area contributed by atoms with Crippen molar-refractivity contribution < 1.29 is 17.9 Å². The summed E-state index contributed by atoms with van der Waals surface area (Å²) in [5, 5.41) is 2.62. The number of hydrogen-bond acceptors (Lipinski definition) is 5. The largest absolute Gasteiger partial charge is 0.495 e. The molecule has 7 nitrogen and oxygen atoms in total. The topological polar surface area (TPSA) is 97.4 Å². The number of aryl methyl sites for hydroxylation is 1. The third kappa shape index (κ3) is 4.77. The van der Waals surface area contributed by atoms with Crippen molar-refractivity contribution in [3.8, 4) is 5.75 Å². The Morgan fingerprint density at radius 2 is 1.92 bits per heavy atom. The van der Waals surface area contributed by atoms with Gasteiger partial charge in [-0.2, -0.15) is 0 Å². The first kappa shape index (κ1) is 17.9. The van der Waals surface area contributed by atoms with Crippen LogP contribution in [0.3, 0.4) is 0 Å². The molecule has 0 unspecified atom stereocenters. The molecule has 0 atom stereocenters. The van der Waals surface area contributed by atoms with Crippen LogP contribution in [-0.2, 0) is 14.8 Å². The van der Waals surface area contributed by atoms with E-state index in [2.05, 4.69) is 15.0 Å². The van der Waals surface area contributed by atoms with Gasteiger partial charge in [-0.25, -0.2) is 18.1 Å². The van der Waals surface area contributed by atoms with Crippen molar-refractivity contribution in [1.29, 1.82) is 0 Å². The molecule has 0 aliphatic rings. The Balaban J connectivity index is 1.92. The van der Waals surface area contributed by atoms with Crippen molar-refractivity contribution in [1.82, 2.24) is 9.71 Å². The molecule has 0 saturated heterocycles. The fourth-order valence-electron chi connectivity index (χ4n) is 2.04. The van der Waals surface area contributed by atoms with Crippen molar-refractivity contribution in [2.24, 2.45) is 0 Å². The number of pyridine rings is 1. The minimum atomic E-state index is -3.75. The minimum Gasteiger partial charge on any atom is -0.495 e. The lowest BCUT2D eigenvalue weighted by Crippen LogP contribution is -2.28. The van der Waals surface area contributed by atoms with Gasteiger partial charge in [0.15, 0.2) is 0 Å². The van der Waals surface area contributed by atoms with Crippen LogP contribution in [0, 0.1) is 6.92 Å². The van der Waals surface area contributed by atoms with Gasteiger partial charge in [-0.3, -0.25) is 4.79 Å². The Bertz CT molecular complexity index is 822. The SMILES string of the molecule is COc1ccccc1S(=O)(=O)NCCC(=O)Nc1cccc(C)n1. The average Bonchev–Trinajstić information content (AvgIpc) is 2.54. The van der Waals surface area contributed by atoms with Crippen molar-refractivity contribution in [3.05, 3.63) is 48.2 Å². The molecular weight excluding hydrogens is 330 g/mol. The number of ether oxygens (including phenoxy) is 1. The number of carbonyl (C=O) groups excluding carboxylic acids is 1. The number of nitrogens with one attached hydrogen (secondary N) is 2. The summed E-state index contributed by atoms with van der Waals surface area (Å²) in [5.74, 6) is 0.363. The maximum atomic E-state index is 12.3. The van der Waals surface area contributed by atoms with Gasteiger partial charge < -0.3 is 10.1 Å². The number of rotatable bonds is 7. The van der Waals surface area contributed by atoms with Gasteiger partial charge in [-0.1, -0.05) is 18.2 Å². The molecule has 1 aromatic carbocycles. The molecule has 1 aromatic heterocycles. The second-order valence-electron chi connectivity index (χ2n) is 5.01. The van der Waals surface area contributed by atoms with Gasteiger partial charge in [0.25, 0.3) is 0 Å². The molecule has 8 heteroatoms. The number of methoxy groups -OCH3 is 1. The van der Waals surface area contributed by atoms with E-state index in [4.69, 9.17) is 4.74 Å². The van der Waals surface area contributed by atoms with Crippen LogP contribution in [-0.4, -0.2) is 33.0 Å². The van der Waals surface area contributed by atoms with Crippen molar-refractivity contribution in [3.63, 3.8) is 0 Å². The van der Waals surface area contributed by atoms with Crippen LogP contribution in [0.15, 0.2) is 47.4 Å². The van der Waals surface area contributed by atoms with Crippen LogP contribution < -0.4 is 14.8 Å². The Morgan fingerprint density at radius 1 is 1.17 bits per heavy atom. The highest BCUT2D eigenvalue weighted by molar-refractivity contribution is 7.89. The second-order valence-corrected chi connectivity index (χ2v) is 6.75. The summed E-state index contributed by atoms with van der Waals surface area (Å²) in [6.07, 6.45) is -0.00992. The molecule has 0 fully saturated rings. The number of sulfonamides is 1. The van der Waals surface area contributed by atoms with Gasteiger partial charge in [-0.15, -0.1) is 0 Å². The van der Waals surface area contributed by atoms with E-state index in [0.29, 0.717) is 5.82 Å². The molecule has 1 amide bonds. The standard InChI is InChI=1S/C16H19N3O4S/c1-12-6-5-9-15(18-12)19-16(20)10-11-17-24(21,22)14-8-4-3-7-13(14)23-2/h3-9,17H,10-11H2,1-2H3,(H,18,19,20). The predicted octanol–water partition coefficient (Wildman–Crippen LogP) is 1.71. The van der Waals surface area contributed by atoms with E-state index in [1.54, 1.807) is 30.3 Å². The third-order valence-electron chi connectivity index (χ3n) is 3.16. The molecule has 0 radical (unpaired) electrons. The number of hydrogen-bond donors (Lipinski definition) is 2. The first-order valence-electron chi connectivity index (χ1n) is 7.28. The molecule has 0 bridgehead atoms. The highest BCUT2D eigenvalue weighted by atomic mass is 32.2. The second kappa shape index (κ2) is 7.89. The summed E-state index contributed by atoms with van der Waals surface area (Å²) in [6, 6.07) is 11.6. The van der Waals surface area contributed by atoms with Crippen LogP contribution in [0.5, 0.6) is 5.75 Å². The molecule has 0 saturated carbocycles. The van der Waals surface area contributed by atoms with Crippen LogP contribution >= 0.6 is 0 Å². The number of anilines is 1. The average molecular weight is 349 g/mol. The van der Waals surface area contributed by atoms with Crippen LogP contribution in [0.1, 0.15) is 12.1 Å². The highest BCUT2D eigenvalue weighted by Crippen LogP contribution is 2.22. The Labute approximate surface area is 141 Å². The number of benzene rings is 1. The predicted molar refractivity (Wildman–Crippen MR) is 90.4 cm³/mol. The molecule has 1 heterocycles. The van der Waals surface area contributed by atoms with E-state index in [-0.39, 0.29) is 29.5 Å². The smallest absolute Gasteiger partial charge is 0.244 e. The summed E-state index contributed by atoms with van der Waals surface area (Å²) in [4.78, 5) is 16.0. The van der Waals surface area contributed by atoms with Gasteiger partial charge >= 0.3 is 0 Å². The lowest BCUT2D eigenvalue weighted by Gasteiger charge is -2.10. The summed E-state index contributed by atoms with van der Waals surface area (Å²) in [6.45, 7) is 1.79. The number of carbonyl (C=O) groups is 1. The van der Waals surface area contributed by atoms with E-state index < -0.39 is 10.0 Å². The monoisotopic (exact) mass is 349 g/mol. The molecule has 2 aromatic rings. The van der Waals surface area contributed by atoms with E-state index >= 15 is 0 Å². The van der Waals surface area contributed by atoms with Gasteiger partial charge in [0.2, 0.25) is 15.9 Å². The van der Waals surface area contributed by atoms with Gasteiger partial charge in [-0.05, 0) is 31.2 Å². The molecule has 0 aliphatic heterocycles. The van der Waals surface area contributed by atoms with E-state index in [1.807, 2.05) is 13.0 Å². The Hall–Kier alpha value is -2.45. The van der Waals surface area contributed by atoms with Crippen molar-refractivity contribution in [2.75, 3.05) is 19.0 Å².